The summed E-state index contributed by atoms with van der Waals surface area (Å²) in [6.07, 6.45) is 0. The van der Waals surface area contributed by atoms with E-state index in [4.69, 9.17) is 8.83 Å². The molecule has 11 rings (SSSR count). The molecule has 0 unspecified atom stereocenters. The summed E-state index contributed by atoms with van der Waals surface area (Å²) in [6.45, 7) is 0. The van der Waals surface area contributed by atoms with Gasteiger partial charge in [-0.25, -0.2) is 0 Å². The summed E-state index contributed by atoms with van der Waals surface area (Å²) in [5, 5.41) is 12.0. The molecular weight excluding hydrogens is 609 g/mol. The van der Waals surface area contributed by atoms with Crippen LogP contribution in [0.5, 0.6) is 0 Å². The lowest BCUT2D eigenvalue weighted by atomic mass is 9.90. The molecule has 9 aromatic carbocycles. The first kappa shape index (κ1) is 27.3. The van der Waals surface area contributed by atoms with Crippen LogP contribution in [0.3, 0.4) is 0 Å². The topological polar surface area (TPSA) is 26.3 Å². The van der Waals surface area contributed by atoms with Crippen molar-refractivity contribution in [2.24, 2.45) is 0 Å². The van der Waals surface area contributed by atoms with Crippen LogP contribution in [0.25, 0.3) is 110 Å². The number of furan rings is 2. The Bertz CT molecular complexity index is 3110. The highest BCUT2D eigenvalue weighted by Crippen LogP contribution is 2.41. The zero-order valence-corrected chi connectivity index (χ0v) is 27.0. The highest BCUT2D eigenvalue weighted by molar-refractivity contribution is 6.25. The van der Waals surface area contributed by atoms with Crippen molar-refractivity contribution >= 4 is 76.2 Å². The number of para-hydroxylation sites is 1. The van der Waals surface area contributed by atoms with E-state index < -0.39 is 0 Å². The molecule has 0 N–H and O–H groups in total. The Morgan fingerprint density at radius 3 is 1.26 bits per heavy atom. The molecule has 2 aromatic heterocycles. The summed E-state index contributed by atoms with van der Waals surface area (Å²) >= 11 is 0. The third kappa shape index (κ3) is 4.09. The third-order valence-corrected chi connectivity index (χ3v) is 10.4. The quantitative estimate of drug-likeness (QED) is 0.180. The Balaban J connectivity index is 1.13. The number of fused-ring (bicyclic) bond motifs is 12. The van der Waals surface area contributed by atoms with Gasteiger partial charge in [-0.1, -0.05) is 115 Å². The Hall–Kier alpha value is -6.64. The second-order valence-electron chi connectivity index (χ2n) is 13.3. The van der Waals surface area contributed by atoms with Gasteiger partial charge in [0.05, 0.1) is 0 Å². The Kier molecular flexibility index (Phi) is 5.70. The fourth-order valence-corrected chi connectivity index (χ4v) is 8.02. The lowest BCUT2D eigenvalue weighted by Crippen LogP contribution is -1.88. The molecule has 11 aromatic rings. The van der Waals surface area contributed by atoms with E-state index in [1.165, 1.54) is 54.6 Å². The molecule has 0 atom stereocenters. The standard InChI is InChI=1S/C48H28O2/c1-2-10-29(11-3-1)32-22-33(30-18-20-39-37-14-5-4-12-35(37)36-13-6-7-15-38(36)41(39)25-30)24-34(23-32)31-19-21-46-42(26-31)44-28-47-43(27-48(44)50-46)40-16-8-9-17-45(40)49-47/h1-28H. The summed E-state index contributed by atoms with van der Waals surface area (Å²) < 4.78 is 12.7. The number of hydrogen-bond donors (Lipinski definition) is 0. The second kappa shape index (κ2) is 10.4. The molecule has 0 spiro atoms. The van der Waals surface area contributed by atoms with Crippen molar-refractivity contribution in [1.82, 2.24) is 0 Å². The highest BCUT2D eigenvalue weighted by Gasteiger charge is 2.16. The number of rotatable bonds is 3. The lowest BCUT2D eigenvalue weighted by Gasteiger charge is -2.14. The molecule has 0 aliphatic rings. The maximum atomic E-state index is 6.42. The maximum Gasteiger partial charge on any atom is 0.136 e. The van der Waals surface area contributed by atoms with Gasteiger partial charge in [0, 0.05) is 21.5 Å². The third-order valence-electron chi connectivity index (χ3n) is 10.4. The Morgan fingerprint density at radius 2 is 0.620 bits per heavy atom. The van der Waals surface area contributed by atoms with E-state index in [-0.39, 0.29) is 0 Å². The van der Waals surface area contributed by atoms with Gasteiger partial charge in [0.25, 0.3) is 0 Å². The van der Waals surface area contributed by atoms with Crippen LogP contribution in [0.4, 0.5) is 0 Å². The molecule has 0 fully saturated rings. The van der Waals surface area contributed by atoms with E-state index in [2.05, 4.69) is 152 Å². The van der Waals surface area contributed by atoms with Crippen molar-refractivity contribution in [2.75, 3.05) is 0 Å². The summed E-state index contributed by atoms with van der Waals surface area (Å²) in [6, 6.07) is 61.1. The van der Waals surface area contributed by atoms with Crippen LogP contribution in [0.2, 0.25) is 0 Å². The summed E-state index contributed by atoms with van der Waals surface area (Å²) in [7, 11) is 0. The Labute approximate surface area is 287 Å². The van der Waals surface area contributed by atoms with Crippen molar-refractivity contribution < 1.29 is 8.83 Å². The summed E-state index contributed by atoms with van der Waals surface area (Å²) in [5.41, 5.74) is 10.5. The summed E-state index contributed by atoms with van der Waals surface area (Å²) in [5.74, 6) is 0. The van der Waals surface area contributed by atoms with Gasteiger partial charge in [0.1, 0.15) is 22.3 Å². The molecule has 2 heteroatoms. The maximum absolute atomic E-state index is 6.42. The number of hydrogen-bond acceptors (Lipinski definition) is 2. The highest BCUT2D eigenvalue weighted by atomic mass is 16.3. The first-order chi connectivity index (χ1) is 24.7. The van der Waals surface area contributed by atoms with Crippen LogP contribution < -0.4 is 0 Å². The lowest BCUT2D eigenvalue weighted by molar-refractivity contribution is 0.664. The summed E-state index contributed by atoms with van der Waals surface area (Å²) in [4.78, 5) is 0. The predicted molar refractivity (Wildman–Crippen MR) is 210 cm³/mol. The van der Waals surface area contributed by atoms with Crippen molar-refractivity contribution in [3.63, 3.8) is 0 Å². The minimum atomic E-state index is 0.867. The van der Waals surface area contributed by atoms with Crippen molar-refractivity contribution in [1.29, 1.82) is 0 Å². The minimum Gasteiger partial charge on any atom is -0.456 e. The first-order valence-corrected chi connectivity index (χ1v) is 17.1. The molecule has 50 heavy (non-hydrogen) atoms. The monoisotopic (exact) mass is 636 g/mol. The fourth-order valence-electron chi connectivity index (χ4n) is 8.02. The van der Waals surface area contributed by atoms with Crippen molar-refractivity contribution in [3.8, 4) is 33.4 Å². The molecule has 0 aliphatic heterocycles. The average molecular weight is 637 g/mol. The van der Waals surface area contributed by atoms with Gasteiger partial charge < -0.3 is 8.83 Å². The molecule has 0 bridgehead atoms. The van der Waals surface area contributed by atoms with Gasteiger partial charge in [0.2, 0.25) is 0 Å². The molecule has 0 amide bonds. The molecular formula is C48H28O2. The predicted octanol–water partition coefficient (Wildman–Crippen LogP) is 13.9. The van der Waals surface area contributed by atoms with E-state index in [9.17, 15) is 0 Å². The molecule has 232 valence electrons. The van der Waals surface area contributed by atoms with Gasteiger partial charge in [-0.15, -0.1) is 0 Å². The van der Waals surface area contributed by atoms with Gasteiger partial charge >= 0.3 is 0 Å². The van der Waals surface area contributed by atoms with Crippen LogP contribution in [0.15, 0.2) is 179 Å². The molecule has 2 heterocycles. The normalized spacial score (nSPS) is 12.0. The van der Waals surface area contributed by atoms with Crippen molar-refractivity contribution in [2.45, 2.75) is 0 Å². The van der Waals surface area contributed by atoms with Gasteiger partial charge in [-0.2, -0.15) is 0 Å². The fraction of sp³-hybridized carbons (Fsp3) is 0. The van der Waals surface area contributed by atoms with E-state index in [0.717, 1.165) is 55.0 Å². The van der Waals surface area contributed by atoms with Crippen LogP contribution >= 0.6 is 0 Å². The van der Waals surface area contributed by atoms with Crippen LogP contribution in [-0.2, 0) is 0 Å². The van der Waals surface area contributed by atoms with Gasteiger partial charge in [-0.05, 0) is 120 Å². The molecule has 0 radical (unpaired) electrons. The zero-order chi connectivity index (χ0) is 32.8. The molecule has 0 aliphatic carbocycles. The van der Waals surface area contributed by atoms with Crippen LogP contribution in [0.1, 0.15) is 0 Å². The molecule has 0 saturated heterocycles. The van der Waals surface area contributed by atoms with Crippen LogP contribution in [0, 0.1) is 0 Å². The average Bonchev–Trinajstić information content (AvgIpc) is 3.74. The Morgan fingerprint density at radius 1 is 0.200 bits per heavy atom. The molecule has 2 nitrogen and oxygen atoms in total. The second-order valence-corrected chi connectivity index (χ2v) is 13.3. The van der Waals surface area contributed by atoms with Gasteiger partial charge in [-0.3, -0.25) is 0 Å². The zero-order valence-electron chi connectivity index (χ0n) is 27.0. The minimum absolute atomic E-state index is 0.867. The van der Waals surface area contributed by atoms with Crippen molar-refractivity contribution in [3.05, 3.63) is 170 Å². The van der Waals surface area contributed by atoms with Gasteiger partial charge in [0.15, 0.2) is 0 Å². The van der Waals surface area contributed by atoms with E-state index in [1.807, 2.05) is 18.2 Å². The largest absolute Gasteiger partial charge is 0.456 e. The first-order valence-electron chi connectivity index (χ1n) is 17.1. The van der Waals surface area contributed by atoms with E-state index in [0.29, 0.717) is 0 Å². The number of benzene rings is 9. The van der Waals surface area contributed by atoms with Crippen LogP contribution in [-0.4, -0.2) is 0 Å². The van der Waals surface area contributed by atoms with E-state index in [1.54, 1.807) is 0 Å². The molecule has 0 saturated carbocycles. The SMILES string of the molecule is c1ccc(-c2cc(-c3ccc4oc5cc6c(cc5c4c3)oc3ccccc36)cc(-c3ccc4c5ccccc5c5ccccc5c4c3)c2)cc1. The van der Waals surface area contributed by atoms with E-state index >= 15 is 0 Å². The smallest absolute Gasteiger partial charge is 0.136 e.